The maximum absolute atomic E-state index is 13.2. The summed E-state index contributed by atoms with van der Waals surface area (Å²) in [5.41, 5.74) is 1.10. The second kappa shape index (κ2) is 5.08. The Morgan fingerprint density at radius 2 is 1.80 bits per heavy atom. The van der Waals surface area contributed by atoms with Gasteiger partial charge in [-0.25, -0.2) is 4.39 Å². The van der Waals surface area contributed by atoms with Gasteiger partial charge in [-0.15, -0.1) is 0 Å². The Morgan fingerprint density at radius 1 is 1.10 bits per heavy atom. The molecule has 5 heteroatoms. The minimum atomic E-state index is -0.506. The number of Topliss-reactive ketones (excluding diaryl/α,β-unsaturated/α-hetero) is 1. The summed E-state index contributed by atoms with van der Waals surface area (Å²) in [6, 6.07) is 8.88. The van der Waals surface area contributed by atoms with Crippen LogP contribution in [0.25, 0.3) is 0 Å². The first-order valence-corrected chi connectivity index (χ1v) is 6.74. The molecule has 20 heavy (non-hydrogen) atoms. The molecule has 2 aromatic carbocycles. The molecular formula is C15H9Cl2FO2. The molecule has 0 saturated carbocycles. The molecule has 1 aliphatic rings. The average molecular weight is 311 g/mol. The van der Waals surface area contributed by atoms with Crippen LogP contribution >= 0.6 is 23.2 Å². The van der Waals surface area contributed by atoms with Crippen LogP contribution < -0.4 is 4.74 Å². The lowest BCUT2D eigenvalue weighted by Gasteiger charge is -2.25. The van der Waals surface area contributed by atoms with E-state index in [0.29, 0.717) is 21.2 Å². The van der Waals surface area contributed by atoms with E-state index in [2.05, 4.69) is 0 Å². The summed E-state index contributed by atoms with van der Waals surface area (Å²) in [5, 5.41) is 0.933. The number of halogens is 3. The van der Waals surface area contributed by atoms with Crippen LogP contribution in [0.1, 0.15) is 28.4 Å². The number of fused-ring (bicyclic) bond motifs is 1. The van der Waals surface area contributed by atoms with Crippen LogP contribution in [0, 0.1) is 5.82 Å². The highest BCUT2D eigenvalue weighted by atomic mass is 35.5. The Labute approximate surface area is 125 Å². The molecule has 2 aromatic rings. The molecule has 0 fully saturated rings. The molecule has 1 unspecified atom stereocenters. The lowest BCUT2D eigenvalue weighted by molar-refractivity contribution is 0.0849. The van der Waals surface area contributed by atoms with E-state index in [4.69, 9.17) is 27.9 Å². The van der Waals surface area contributed by atoms with E-state index in [1.165, 1.54) is 18.2 Å². The van der Waals surface area contributed by atoms with E-state index in [0.717, 1.165) is 0 Å². The number of carbonyl (C=O) groups is 1. The summed E-state index contributed by atoms with van der Waals surface area (Å²) in [5.74, 6) is -0.281. The average Bonchev–Trinajstić information content (AvgIpc) is 2.36. The SMILES string of the molecule is O=C1CC(c2cc(Cl)cc(Cl)c2)Oc2cc(F)ccc21. The van der Waals surface area contributed by atoms with Gasteiger partial charge in [0.2, 0.25) is 0 Å². The van der Waals surface area contributed by atoms with Gasteiger partial charge in [-0.2, -0.15) is 0 Å². The van der Waals surface area contributed by atoms with E-state index in [1.807, 2.05) is 0 Å². The summed E-state index contributed by atoms with van der Waals surface area (Å²) in [4.78, 5) is 12.1. The first kappa shape index (κ1) is 13.4. The zero-order valence-electron chi connectivity index (χ0n) is 10.2. The van der Waals surface area contributed by atoms with Crippen LogP contribution in [-0.2, 0) is 0 Å². The Morgan fingerprint density at radius 3 is 2.50 bits per heavy atom. The van der Waals surface area contributed by atoms with E-state index in [-0.39, 0.29) is 18.0 Å². The molecule has 2 nitrogen and oxygen atoms in total. The van der Waals surface area contributed by atoms with Crippen molar-refractivity contribution in [3.63, 3.8) is 0 Å². The summed E-state index contributed by atoms with van der Waals surface area (Å²) >= 11 is 11.9. The molecule has 0 amide bonds. The highest BCUT2D eigenvalue weighted by Gasteiger charge is 2.28. The van der Waals surface area contributed by atoms with Gasteiger partial charge < -0.3 is 4.74 Å². The van der Waals surface area contributed by atoms with Crippen molar-refractivity contribution in [1.29, 1.82) is 0 Å². The predicted molar refractivity (Wildman–Crippen MR) is 75.2 cm³/mol. The topological polar surface area (TPSA) is 26.3 Å². The van der Waals surface area contributed by atoms with E-state index < -0.39 is 11.9 Å². The smallest absolute Gasteiger partial charge is 0.170 e. The van der Waals surface area contributed by atoms with Crippen molar-refractivity contribution in [3.8, 4) is 5.75 Å². The Bertz CT molecular complexity index is 680. The largest absolute Gasteiger partial charge is 0.484 e. The molecule has 0 radical (unpaired) electrons. The second-order valence-corrected chi connectivity index (χ2v) is 5.45. The number of ether oxygens (including phenoxy) is 1. The summed E-state index contributed by atoms with van der Waals surface area (Å²) in [6.07, 6.45) is -0.331. The number of hydrogen-bond acceptors (Lipinski definition) is 2. The Hall–Kier alpha value is -1.58. The number of hydrogen-bond donors (Lipinski definition) is 0. The minimum Gasteiger partial charge on any atom is -0.484 e. The molecule has 3 rings (SSSR count). The number of ketones is 1. The zero-order chi connectivity index (χ0) is 14.3. The highest BCUT2D eigenvalue weighted by molar-refractivity contribution is 6.34. The van der Waals surface area contributed by atoms with Gasteiger partial charge >= 0.3 is 0 Å². The van der Waals surface area contributed by atoms with Crippen molar-refractivity contribution >= 4 is 29.0 Å². The third-order valence-electron chi connectivity index (χ3n) is 3.14. The lowest BCUT2D eigenvalue weighted by atomic mass is 9.96. The van der Waals surface area contributed by atoms with Crippen molar-refractivity contribution in [2.75, 3.05) is 0 Å². The fourth-order valence-electron chi connectivity index (χ4n) is 2.24. The van der Waals surface area contributed by atoms with Crippen molar-refractivity contribution in [2.45, 2.75) is 12.5 Å². The first-order chi connectivity index (χ1) is 9.52. The van der Waals surface area contributed by atoms with Crippen LogP contribution in [0.2, 0.25) is 10.0 Å². The molecule has 0 bridgehead atoms. The Balaban J connectivity index is 2.00. The van der Waals surface area contributed by atoms with Gasteiger partial charge in [0.1, 0.15) is 17.7 Å². The van der Waals surface area contributed by atoms with Crippen LogP contribution in [-0.4, -0.2) is 5.78 Å². The molecule has 0 spiro atoms. The van der Waals surface area contributed by atoms with Gasteiger partial charge in [-0.1, -0.05) is 23.2 Å². The third kappa shape index (κ3) is 2.51. The molecule has 0 saturated heterocycles. The summed E-state index contributed by atoms with van der Waals surface area (Å²) in [7, 11) is 0. The zero-order valence-corrected chi connectivity index (χ0v) is 11.7. The maximum atomic E-state index is 13.2. The van der Waals surface area contributed by atoms with Crippen molar-refractivity contribution in [3.05, 3.63) is 63.4 Å². The van der Waals surface area contributed by atoms with E-state index in [9.17, 15) is 9.18 Å². The monoisotopic (exact) mass is 310 g/mol. The number of rotatable bonds is 1. The molecule has 102 valence electrons. The minimum absolute atomic E-state index is 0.0904. The van der Waals surface area contributed by atoms with Gasteiger partial charge in [0.15, 0.2) is 5.78 Å². The standard InChI is InChI=1S/C15H9Cl2FO2/c16-9-3-8(4-10(17)5-9)14-7-13(19)12-2-1-11(18)6-15(12)20-14/h1-6,14H,7H2. The molecule has 0 N–H and O–H groups in total. The van der Waals surface area contributed by atoms with Gasteiger partial charge in [-0.3, -0.25) is 4.79 Å². The fourth-order valence-corrected chi connectivity index (χ4v) is 2.79. The van der Waals surface area contributed by atoms with Gasteiger partial charge in [0.05, 0.1) is 12.0 Å². The summed E-state index contributed by atoms with van der Waals surface area (Å²) in [6.45, 7) is 0. The number of benzene rings is 2. The van der Waals surface area contributed by atoms with E-state index >= 15 is 0 Å². The van der Waals surface area contributed by atoms with Crippen molar-refractivity contribution < 1.29 is 13.9 Å². The Kier molecular flexibility index (Phi) is 3.40. The quantitative estimate of drug-likeness (QED) is 0.753. The second-order valence-electron chi connectivity index (χ2n) is 4.58. The van der Waals surface area contributed by atoms with E-state index in [1.54, 1.807) is 18.2 Å². The molecular weight excluding hydrogens is 302 g/mol. The highest BCUT2D eigenvalue weighted by Crippen LogP contribution is 2.36. The van der Waals surface area contributed by atoms with Crippen LogP contribution in [0.5, 0.6) is 5.75 Å². The van der Waals surface area contributed by atoms with Crippen molar-refractivity contribution in [2.24, 2.45) is 0 Å². The third-order valence-corrected chi connectivity index (χ3v) is 3.58. The first-order valence-electron chi connectivity index (χ1n) is 5.98. The lowest BCUT2D eigenvalue weighted by Crippen LogP contribution is -2.20. The molecule has 1 heterocycles. The normalized spacial score (nSPS) is 17.6. The van der Waals surface area contributed by atoms with Crippen LogP contribution in [0.15, 0.2) is 36.4 Å². The van der Waals surface area contributed by atoms with Gasteiger partial charge in [-0.05, 0) is 35.9 Å². The predicted octanol–water partition coefficient (Wildman–Crippen LogP) is 4.84. The van der Waals surface area contributed by atoms with Gasteiger partial charge in [0, 0.05) is 16.1 Å². The maximum Gasteiger partial charge on any atom is 0.170 e. The number of carbonyl (C=O) groups excluding carboxylic acids is 1. The summed E-state index contributed by atoms with van der Waals surface area (Å²) < 4.78 is 18.9. The van der Waals surface area contributed by atoms with Gasteiger partial charge in [0.25, 0.3) is 0 Å². The van der Waals surface area contributed by atoms with Crippen molar-refractivity contribution in [1.82, 2.24) is 0 Å². The van der Waals surface area contributed by atoms with Crippen LogP contribution in [0.4, 0.5) is 4.39 Å². The fraction of sp³-hybridized carbons (Fsp3) is 0.133. The molecule has 0 aromatic heterocycles. The molecule has 1 aliphatic heterocycles. The molecule has 0 aliphatic carbocycles. The molecule has 1 atom stereocenters. The van der Waals surface area contributed by atoms with Crippen LogP contribution in [0.3, 0.4) is 0 Å².